The number of likely N-dealkylation sites (tertiary alicyclic amines) is 1. The van der Waals surface area contributed by atoms with E-state index in [0.717, 1.165) is 29.9 Å². The van der Waals surface area contributed by atoms with Gasteiger partial charge in [0, 0.05) is 43.3 Å². The summed E-state index contributed by atoms with van der Waals surface area (Å²) in [4.78, 5) is 71.0. The third-order valence-electron chi connectivity index (χ3n) is 11.5. The van der Waals surface area contributed by atoms with Crippen molar-refractivity contribution in [3.8, 4) is 12.3 Å². The average Bonchev–Trinajstić information content (AvgIpc) is 3.53. The molecule has 1 saturated heterocycles. The number of rotatable bonds is 13. The molecule has 0 aromatic rings. The zero-order valence-corrected chi connectivity index (χ0v) is 32.6. The van der Waals surface area contributed by atoms with Crippen LogP contribution in [0.15, 0.2) is 22.5 Å². The van der Waals surface area contributed by atoms with Crippen LogP contribution in [-0.2, 0) is 29.2 Å². The lowest BCUT2D eigenvalue weighted by Gasteiger charge is -2.42. The second-order valence-electron chi connectivity index (χ2n) is 16.5. The third kappa shape index (κ3) is 7.94. The van der Waals surface area contributed by atoms with Crippen molar-refractivity contribution in [2.24, 2.45) is 22.7 Å². The second kappa shape index (κ2) is 15.2. The Morgan fingerprint density at radius 2 is 1.81 bits per heavy atom. The van der Waals surface area contributed by atoms with E-state index in [0.29, 0.717) is 37.3 Å². The van der Waals surface area contributed by atoms with Gasteiger partial charge in [-0.15, -0.1) is 30.7 Å². The molecule has 5 aliphatic rings. The molecular weight excluding hydrogens is 705 g/mol. The van der Waals surface area contributed by atoms with Gasteiger partial charge >= 0.3 is 6.03 Å². The minimum absolute atomic E-state index is 0.0266. The number of nitrogens with zero attached hydrogens (tertiary/aromatic N) is 2. The van der Waals surface area contributed by atoms with E-state index in [4.69, 9.17) is 6.42 Å². The van der Waals surface area contributed by atoms with Gasteiger partial charge in [-0.3, -0.25) is 19.2 Å². The number of nitrogens with one attached hydrogen (secondary N) is 4. The number of carbonyl (C=O) groups excluding carboxylic acids is 5. The first kappa shape index (κ1) is 39.8. The van der Waals surface area contributed by atoms with Gasteiger partial charge in [0.2, 0.25) is 27.6 Å². The molecule has 1 unspecified atom stereocenters. The fourth-order valence-electron chi connectivity index (χ4n) is 8.52. The zero-order valence-electron chi connectivity index (χ0n) is 31.0. The van der Waals surface area contributed by atoms with Crippen molar-refractivity contribution in [3.63, 3.8) is 0 Å². The Morgan fingerprint density at radius 1 is 1.12 bits per heavy atom. The van der Waals surface area contributed by atoms with E-state index in [1.54, 1.807) is 11.8 Å². The number of thioether (sulfide) groups is 1. The van der Waals surface area contributed by atoms with Gasteiger partial charge in [-0.1, -0.05) is 60.0 Å². The number of amides is 5. The Labute approximate surface area is 312 Å². The fraction of sp³-hybridized carbons (Fsp3) is 0.703. The van der Waals surface area contributed by atoms with Gasteiger partial charge in [0.1, 0.15) is 12.1 Å². The Bertz CT molecular complexity index is 1670. The first-order valence-electron chi connectivity index (χ1n) is 18.3. The number of terminal acetylenes is 1. The van der Waals surface area contributed by atoms with Crippen molar-refractivity contribution in [1.29, 1.82) is 0 Å². The lowest BCUT2D eigenvalue weighted by Crippen LogP contribution is -2.64. The molecule has 52 heavy (non-hydrogen) atoms. The molecule has 2 saturated carbocycles. The molecule has 3 fully saturated rings. The number of piperidine rings is 1. The summed E-state index contributed by atoms with van der Waals surface area (Å²) in [6.45, 7) is 14.0. The van der Waals surface area contributed by atoms with E-state index in [2.05, 4.69) is 33.8 Å². The minimum Gasteiger partial charge on any atom is -0.346 e. The Morgan fingerprint density at radius 3 is 2.42 bits per heavy atom. The fourth-order valence-corrected chi connectivity index (χ4v) is 12.0. The van der Waals surface area contributed by atoms with Crippen LogP contribution in [0.1, 0.15) is 86.0 Å². The summed E-state index contributed by atoms with van der Waals surface area (Å²) in [5, 5.41) is 11.2. The largest absolute Gasteiger partial charge is 0.346 e. The number of urea groups is 1. The summed E-state index contributed by atoms with van der Waals surface area (Å²) in [5.41, 5.74) is -1.81. The number of ketones is 1. The van der Waals surface area contributed by atoms with Gasteiger partial charge in [0.05, 0.1) is 16.5 Å². The maximum atomic E-state index is 14.5. The smallest absolute Gasteiger partial charge is 0.315 e. The Hall–Kier alpha value is -3.35. The van der Waals surface area contributed by atoms with Crippen molar-refractivity contribution >= 4 is 51.3 Å². The first-order valence-corrected chi connectivity index (χ1v) is 20.7. The molecule has 15 heteroatoms. The molecule has 5 rings (SSSR count). The average molecular weight is 759 g/mol. The van der Waals surface area contributed by atoms with Crippen LogP contribution in [0.25, 0.3) is 0 Å². The third-order valence-corrected chi connectivity index (χ3v) is 14.8. The van der Waals surface area contributed by atoms with Crippen molar-refractivity contribution in [2.75, 3.05) is 31.9 Å². The highest BCUT2D eigenvalue weighted by Gasteiger charge is 2.70. The predicted molar refractivity (Wildman–Crippen MR) is 200 cm³/mol. The maximum Gasteiger partial charge on any atom is 0.315 e. The normalized spacial score (nSPS) is 26.6. The number of fused-ring (bicyclic) bond motifs is 1. The van der Waals surface area contributed by atoms with E-state index >= 15 is 0 Å². The Balaban J connectivity index is 1.33. The molecule has 4 N–H and O–H groups in total. The van der Waals surface area contributed by atoms with Crippen molar-refractivity contribution in [2.45, 2.75) is 110 Å². The van der Waals surface area contributed by atoms with Gasteiger partial charge in [-0.05, 0) is 48.3 Å². The molecule has 0 aromatic heterocycles. The SMILES string of the molecule is C#CCCC(NC(=O)[C@@H]1[C@@H]2[C@H](CN1C(=O)[C@@H](NC(=O)NC1(CN3CC4=C(CCS4)S3(=O)=O)CCCCC1)C(C)(C)C)C2(C)C)C(=O)C(=O)NCC=C. The molecule has 0 spiro atoms. The van der Waals surface area contributed by atoms with Crippen LogP contribution >= 0.6 is 11.8 Å². The molecule has 3 aliphatic heterocycles. The Kier molecular flexibility index (Phi) is 11.6. The van der Waals surface area contributed by atoms with Gasteiger partial charge in [-0.2, -0.15) is 4.31 Å². The highest BCUT2D eigenvalue weighted by molar-refractivity contribution is 8.05. The predicted octanol–water partition coefficient (Wildman–Crippen LogP) is 2.65. The van der Waals surface area contributed by atoms with Crippen LogP contribution in [0.5, 0.6) is 0 Å². The molecule has 13 nitrogen and oxygen atoms in total. The highest BCUT2D eigenvalue weighted by atomic mass is 32.2. The lowest BCUT2D eigenvalue weighted by molar-refractivity contribution is -0.145. The number of hydrogen-bond acceptors (Lipinski definition) is 8. The van der Waals surface area contributed by atoms with E-state index in [1.807, 2.05) is 34.6 Å². The van der Waals surface area contributed by atoms with E-state index in [-0.39, 0.29) is 43.2 Å². The minimum atomic E-state index is -3.60. The van der Waals surface area contributed by atoms with Gasteiger partial charge in [-0.25, -0.2) is 13.2 Å². The topological polar surface area (TPSA) is 174 Å². The monoisotopic (exact) mass is 758 g/mol. The summed E-state index contributed by atoms with van der Waals surface area (Å²) in [7, 11) is -3.60. The molecule has 5 atom stereocenters. The second-order valence-corrected chi connectivity index (χ2v) is 19.7. The zero-order chi connectivity index (χ0) is 38.2. The molecular formula is C37H54N6O7S2. The lowest BCUT2D eigenvalue weighted by atomic mass is 9.81. The number of Topliss-reactive ketones (excluding diaryl/α,β-unsaturated/α-hetero) is 1. The van der Waals surface area contributed by atoms with E-state index in [9.17, 15) is 32.4 Å². The summed E-state index contributed by atoms with van der Waals surface area (Å²) < 4.78 is 28.3. The van der Waals surface area contributed by atoms with Crippen molar-refractivity contribution in [3.05, 3.63) is 22.5 Å². The molecule has 286 valence electrons. The van der Waals surface area contributed by atoms with Crippen LogP contribution in [0.3, 0.4) is 0 Å². The molecule has 0 bridgehead atoms. The quantitative estimate of drug-likeness (QED) is 0.126. The van der Waals surface area contributed by atoms with E-state index in [1.165, 1.54) is 15.3 Å². The van der Waals surface area contributed by atoms with Gasteiger partial charge in [0.15, 0.2) is 0 Å². The van der Waals surface area contributed by atoms with Crippen LogP contribution in [0.2, 0.25) is 0 Å². The highest BCUT2D eigenvalue weighted by Crippen LogP contribution is 2.65. The number of carbonyl (C=O) groups is 5. The van der Waals surface area contributed by atoms with Crippen LogP contribution in [0, 0.1) is 35.0 Å². The molecule has 2 aliphatic carbocycles. The standard InChI is InChI=1S/C37H54N6O7S2/c1-8-10-14-24(29(44)32(46)38-18-9-2)39-31(45)28-27-23(36(27,6)7)20-43(28)33(47)30(35(3,4)5)40-34(48)41-37(16-12-11-13-17-37)22-42-21-25-26(15-19-51-25)52(42,49)50/h1,9,23-24,27-28,30H,2,10-22H2,3-7H3,(H,38,46)(H,39,45)(H2,40,41,48)/t23-,24?,27-,28-,30+/m0/s1. The first-order chi connectivity index (χ1) is 24.4. The summed E-state index contributed by atoms with van der Waals surface area (Å²) in [5.74, 6) is 0.364. The van der Waals surface area contributed by atoms with Gasteiger partial charge < -0.3 is 26.2 Å². The molecule has 5 amide bonds. The summed E-state index contributed by atoms with van der Waals surface area (Å²) in [6, 6.07) is -3.73. The number of allylic oxidation sites excluding steroid dienone is 1. The number of hydrogen-bond donors (Lipinski definition) is 4. The molecule has 0 aromatic carbocycles. The maximum absolute atomic E-state index is 14.5. The summed E-state index contributed by atoms with van der Waals surface area (Å²) >= 11 is 1.58. The number of sulfonamides is 1. The van der Waals surface area contributed by atoms with Gasteiger partial charge in [0.25, 0.3) is 5.91 Å². The molecule has 0 radical (unpaired) electrons. The van der Waals surface area contributed by atoms with Crippen LogP contribution in [-0.4, -0.2) is 103 Å². The van der Waals surface area contributed by atoms with Crippen molar-refractivity contribution in [1.82, 2.24) is 30.5 Å². The van der Waals surface area contributed by atoms with Crippen molar-refractivity contribution < 1.29 is 32.4 Å². The summed E-state index contributed by atoms with van der Waals surface area (Å²) in [6.07, 6.45) is 11.5. The van der Waals surface area contributed by atoms with E-state index < -0.39 is 68.6 Å². The molecule has 3 heterocycles. The van der Waals surface area contributed by atoms with Crippen LogP contribution < -0.4 is 21.3 Å². The van der Waals surface area contributed by atoms with Crippen LogP contribution in [0.4, 0.5) is 4.79 Å².